The highest BCUT2D eigenvalue weighted by atomic mass is 16.7. The number of aryl methyl sites for hydroxylation is 1. The molecular weight excluding hydrogens is 494 g/mol. The zero-order chi connectivity index (χ0) is 29.1. The highest BCUT2D eigenvalue weighted by Gasteiger charge is 2.36. The Morgan fingerprint density at radius 2 is 1.30 bits per heavy atom. The molecule has 0 amide bonds. The fourth-order valence-electron chi connectivity index (χ4n) is 5.64. The first-order chi connectivity index (χ1) is 19.4. The van der Waals surface area contributed by atoms with Gasteiger partial charge in [0, 0.05) is 18.4 Å². The van der Waals surface area contributed by atoms with E-state index in [0.717, 1.165) is 31.6 Å². The Morgan fingerprint density at radius 1 is 0.725 bits per heavy atom. The number of carbonyl (C=O) groups is 1. The summed E-state index contributed by atoms with van der Waals surface area (Å²) in [5.74, 6) is 0.677. The molecule has 0 aliphatic carbocycles. The van der Waals surface area contributed by atoms with Crippen molar-refractivity contribution in [2.75, 3.05) is 14.1 Å². The third-order valence-electron chi connectivity index (χ3n) is 7.99. The number of rotatable bonds is 22. The monoisotopic (exact) mass is 552 g/mol. The summed E-state index contributed by atoms with van der Waals surface area (Å²) >= 11 is 0. The van der Waals surface area contributed by atoms with Crippen LogP contribution in [0.5, 0.6) is 5.75 Å². The minimum absolute atomic E-state index is 0.176. The SMILES string of the molecule is CCCCCCCCCCCCCc1ccccc1OC(CCC)OC(=O)C(CC)[N+](C)(C)Cc1ccccc1. The van der Waals surface area contributed by atoms with Gasteiger partial charge in [0.1, 0.15) is 12.3 Å². The third-order valence-corrected chi connectivity index (χ3v) is 7.99. The van der Waals surface area contributed by atoms with Crippen LogP contribution in [0.25, 0.3) is 0 Å². The van der Waals surface area contributed by atoms with Crippen LogP contribution in [0.4, 0.5) is 0 Å². The molecule has 0 saturated heterocycles. The molecule has 0 aliphatic rings. The highest BCUT2D eigenvalue weighted by Crippen LogP contribution is 2.25. The van der Waals surface area contributed by atoms with Crippen molar-refractivity contribution in [3.63, 3.8) is 0 Å². The summed E-state index contributed by atoms with van der Waals surface area (Å²) in [7, 11) is 4.22. The molecule has 0 aliphatic heterocycles. The molecule has 2 atom stereocenters. The number of hydrogen-bond donors (Lipinski definition) is 0. The number of para-hydroxylation sites is 1. The number of quaternary nitrogens is 1. The van der Waals surface area contributed by atoms with Gasteiger partial charge in [-0.3, -0.25) is 0 Å². The van der Waals surface area contributed by atoms with Gasteiger partial charge in [0.25, 0.3) is 0 Å². The summed E-state index contributed by atoms with van der Waals surface area (Å²) in [5.41, 5.74) is 2.43. The summed E-state index contributed by atoms with van der Waals surface area (Å²) < 4.78 is 13.0. The molecule has 0 aromatic heterocycles. The second kappa shape index (κ2) is 19.7. The average Bonchev–Trinajstić information content (AvgIpc) is 2.93. The molecular formula is C36H58NO3+. The fourth-order valence-corrected chi connectivity index (χ4v) is 5.64. The van der Waals surface area contributed by atoms with Crippen LogP contribution in [0.3, 0.4) is 0 Å². The predicted molar refractivity (Wildman–Crippen MR) is 168 cm³/mol. The average molecular weight is 553 g/mol. The molecule has 224 valence electrons. The van der Waals surface area contributed by atoms with Gasteiger partial charge >= 0.3 is 5.97 Å². The zero-order valence-corrected chi connectivity index (χ0v) is 26.3. The zero-order valence-electron chi connectivity index (χ0n) is 26.3. The van der Waals surface area contributed by atoms with E-state index in [0.29, 0.717) is 17.3 Å². The van der Waals surface area contributed by atoms with Crippen LogP contribution in [-0.4, -0.2) is 36.9 Å². The van der Waals surface area contributed by atoms with E-state index >= 15 is 0 Å². The first-order valence-electron chi connectivity index (χ1n) is 16.2. The molecule has 0 heterocycles. The number of nitrogens with zero attached hydrogens (tertiary/aromatic N) is 1. The van der Waals surface area contributed by atoms with Gasteiger partial charge in [0.2, 0.25) is 6.29 Å². The van der Waals surface area contributed by atoms with Crippen LogP contribution in [0.1, 0.15) is 122 Å². The number of carbonyl (C=O) groups excluding carboxylic acids is 1. The largest absolute Gasteiger partial charge is 0.454 e. The van der Waals surface area contributed by atoms with Gasteiger partial charge in [-0.2, -0.15) is 0 Å². The van der Waals surface area contributed by atoms with E-state index in [9.17, 15) is 4.79 Å². The minimum Gasteiger partial charge on any atom is -0.454 e. The molecule has 40 heavy (non-hydrogen) atoms. The summed E-state index contributed by atoms with van der Waals surface area (Å²) in [5, 5.41) is 0. The van der Waals surface area contributed by atoms with Crippen molar-refractivity contribution in [1.29, 1.82) is 0 Å². The van der Waals surface area contributed by atoms with Gasteiger partial charge in [-0.1, -0.05) is 134 Å². The van der Waals surface area contributed by atoms with Gasteiger partial charge in [-0.05, 0) is 30.9 Å². The van der Waals surface area contributed by atoms with Crippen LogP contribution >= 0.6 is 0 Å². The Labute approximate surface area is 246 Å². The van der Waals surface area contributed by atoms with Crippen LogP contribution in [0.2, 0.25) is 0 Å². The second-order valence-corrected chi connectivity index (χ2v) is 12.0. The molecule has 2 rings (SSSR count). The predicted octanol–water partition coefficient (Wildman–Crippen LogP) is 9.64. The molecule has 0 N–H and O–H groups in total. The summed E-state index contributed by atoms with van der Waals surface area (Å²) in [6.07, 6.45) is 17.5. The molecule has 2 unspecified atom stereocenters. The van der Waals surface area contributed by atoms with E-state index in [1.165, 1.54) is 75.3 Å². The highest BCUT2D eigenvalue weighted by molar-refractivity contribution is 5.74. The number of likely N-dealkylation sites (N-methyl/N-ethyl adjacent to an activating group) is 1. The Hall–Kier alpha value is -2.33. The first kappa shape index (κ1) is 33.9. The summed E-state index contributed by atoms with van der Waals surface area (Å²) in [6.45, 7) is 7.22. The Balaban J connectivity index is 1.86. The van der Waals surface area contributed by atoms with Gasteiger partial charge < -0.3 is 14.0 Å². The maximum absolute atomic E-state index is 13.4. The quantitative estimate of drug-likeness (QED) is 0.0631. The van der Waals surface area contributed by atoms with E-state index in [2.05, 4.69) is 59.1 Å². The van der Waals surface area contributed by atoms with Crippen molar-refractivity contribution in [2.45, 2.75) is 136 Å². The number of hydrogen-bond acceptors (Lipinski definition) is 3. The molecule has 4 nitrogen and oxygen atoms in total. The van der Waals surface area contributed by atoms with Crippen LogP contribution in [0, 0.1) is 0 Å². The van der Waals surface area contributed by atoms with Gasteiger partial charge in [0.05, 0.1) is 14.1 Å². The maximum Gasteiger partial charge on any atom is 0.368 e. The lowest BCUT2D eigenvalue weighted by Gasteiger charge is -2.36. The van der Waals surface area contributed by atoms with Crippen molar-refractivity contribution in [2.24, 2.45) is 0 Å². The Kier molecular flexibility index (Phi) is 16.7. The van der Waals surface area contributed by atoms with Crippen molar-refractivity contribution in [1.82, 2.24) is 0 Å². The van der Waals surface area contributed by atoms with Gasteiger partial charge in [-0.25, -0.2) is 4.79 Å². The lowest BCUT2D eigenvalue weighted by molar-refractivity contribution is -0.919. The van der Waals surface area contributed by atoms with Crippen LogP contribution in [-0.2, 0) is 22.5 Å². The normalized spacial score (nSPS) is 13.1. The molecule has 2 aromatic rings. The summed E-state index contributed by atoms with van der Waals surface area (Å²) in [6, 6.07) is 18.4. The van der Waals surface area contributed by atoms with Gasteiger partial charge in [-0.15, -0.1) is 0 Å². The van der Waals surface area contributed by atoms with Crippen LogP contribution < -0.4 is 4.74 Å². The smallest absolute Gasteiger partial charge is 0.368 e. The van der Waals surface area contributed by atoms with Crippen molar-refractivity contribution < 1.29 is 18.8 Å². The number of unbranched alkanes of at least 4 members (excludes halogenated alkanes) is 10. The molecule has 0 spiro atoms. The number of ether oxygens (including phenoxy) is 2. The number of esters is 1. The Bertz CT molecular complexity index is 927. The molecule has 0 fully saturated rings. The van der Waals surface area contributed by atoms with Crippen molar-refractivity contribution >= 4 is 5.97 Å². The fraction of sp³-hybridized carbons (Fsp3) is 0.639. The molecule has 4 heteroatoms. The third kappa shape index (κ3) is 12.9. The molecule has 0 radical (unpaired) electrons. The molecule has 2 aromatic carbocycles. The topological polar surface area (TPSA) is 35.5 Å². The van der Waals surface area contributed by atoms with E-state index in [1.807, 2.05) is 30.3 Å². The van der Waals surface area contributed by atoms with Crippen molar-refractivity contribution in [3.8, 4) is 5.75 Å². The molecule has 0 bridgehead atoms. The maximum atomic E-state index is 13.4. The Morgan fingerprint density at radius 3 is 1.90 bits per heavy atom. The first-order valence-corrected chi connectivity index (χ1v) is 16.2. The van der Waals surface area contributed by atoms with Crippen molar-refractivity contribution in [3.05, 3.63) is 65.7 Å². The number of benzene rings is 2. The molecule has 0 saturated carbocycles. The van der Waals surface area contributed by atoms with E-state index < -0.39 is 6.29 Å². The minimum atomic E-state index is -0.568. The second-order valence-electron chi connectivity index (χ2n) is 12.0. The van der Waals surface area contributed by atoms with Gasteiger partial charge in [0.15, 0.2) is 6.04 Å². The lowest BCUT2D eigenvalue weighted by atomic mass is 10.0. The van der Waals surface area contributed by atoms with E-state index in [1.54, 1.807) is 0 Å². The van der Waals surface area contributed by atoms with E-state index in [-0.39, 0.29) is 12.0 Å². The van der Waals surface area contributed by atoms with E-state index in [4.69, 9.17) is 9.47 Å². The van der Waals surface area contributed by atoms with Crippen LogP contribution in [0.15, 0.2) is 54.6 Å². The standard InChI is InChI=1S/C36H58NO3/c1-6-9-10-11-12-13-14-15-16-17-21-27-32-28-22-23-29-34(32)39-35(24-7-2)40-36(38)33(8-3)37(4,5)30-31-25-19-18-20-26-31/h18-20,22-23,25-26,28-29,33,35H,6-17,21,24,27,30H2,1-5H3/q+1. The lowest BCUT2D eigenvalue weighted by Crippen LogP contribution is -2.53. The summed E-state index contributed by atoms with van der Waals surface area (Å²) in [4.78, 5) is 13.4.